The molecule has 0 fully saturated rings. The lowest BCUT2D eigenvalue weighted by molar-refractivity contribution is -0.117. The summed E-state index contributed by atoms with van der Waals surface area (Å²) >= 11 is 1.48. The van der Waals surface area contributed by atoms with Crippen LogP contribution in [0.15, 0.2) is 47.5 Å². The van der Waals surface area contributed by atoms with Gasteiger partial charge in [0.25, 0.3) is 0 Å². The molecule has 0 saturated carbocycles. The predicted molar refractivity (Wildman–Crippen MR) is 111 cm³/mol. The Labute approximate surface area is 168 Å². The second kappa shape index (κ2) is 9.85. The molecule has 1 aromatic heterocycles. The van der Waals surface area contributed by atoms with Crippen LogP contribution in [0.5, 0.6) is 0 Å². The fourth-order valence-electron chi connectivity index (χ4n) is 2.35. The van der Waals surface area contributed by atoms with Gasteiger partial charge in [-0.1, -0.05) is 12.1 Å². The molecule has 1 amide bonds. The summed E-state index contributed by atoms with van der Waals surface area (Å²) in [5, 5.41) is 2.66. The molecule has 2 N–H and O–H groups in total. The van der Waals surface area contributed by atoms with Crippen molar-refractivity contribution in [3.8, 4) is 0 Å². The van der Waals surface area contributed by atoms with Gasteiger partial charge in [0.15, 0.2) is 0 Å². The summed E-state index contributed by atoms with van der Waals surface area (Å²) in [6.45, 7) is 0. The van der Waals surface area contributed by atoms with Crippen molar-refractivity contribution >= 4 is 39.2 Å². The Morgan fingerprint density at radius 1 is 1.25 bits per heavy atom. The first kappa shape index (κ1) is 22.1. The molecule has 28 heavy (non-hydrogen) atoms. The normalized spacial score (nSPS) is 12.4. The van der Waals surface area contributed by atoms with Gasteiger partial charge in [-0.25, -0.2) is 17.8 Å². The molecule has 10 heteroatoms. The molecule has 1 unspecified atom stereocenters. The maximum Gasteiger partial charge on any atom is 0.244 e. The summed E-state index contributed by atoms with van der Waals surface area (Å²) < 4.78 is 41.3. The Bertz CT molecular complexity index is 905. The number of carbonyl (C=O) groups is 1. The van der Waals surface area contributed by atoms with E-state index in [2.05, 4.69) is 15.0 Å². The van der Waals surface area contributed by atoms with Crippen LogP contribution in [-0.2, 0) is 14.8 Å². The van der Waals surface area contributed by atoms with E-state index in [0.29, 0.717) is 11.4 Å². The molecular weight excluding hydrogens is 403 g/mol. The molecule has 152 valence electrons. The summed E-state index contributed by atoms with van der Waals surface area (Å²) in [5.41, 5.74) is 0.440. The third kappa shape index (κ3) is 5.91. The van der Waals surface area contributed by atoms with Crippen LogP contribution in [0.25, 0.3) is 0 Å². The average Bonchev–Trinajstić information content (AvgIpc) is 2.65. The fourth-order valence-corrected chi connectivity index (χ4v) is 4.13. The molecular formula is C18H23FN4O3S2. The van der Waals surface area contributed by atoms with Crippen LogP contribution in [0.4, 0.5) is 15.9 Å². The molecule has 1 heterocycles. The highest BCUT2D eigenvalue weighted by Gasteiger charge is 2.27. The van der Waals surface area contributed by atoms with E-state index in [4.69, 9.17) is 0 Å². The Balaban J connectivity index is 2.18. The van der Waals surface area contributed by atoms with Crippen molar-refractivity contribution in [3.05, 3.63) is 48.4 Å². The van der Waals surface area contributed by atoms with Crippen molar-refractivity contribution in [2.75, 3.05) is 36.3 Å². The molecule has 7 nitrogen and oxygen atoms in total. The van der Waals surface area contributed by atoms with Crippen LogP contribution in [0, 0.1) is 5.82 Å². The van der Waals surface area contributed by atoms with Crippen LogP contribution in [0.2, 0.25) is 0 Å². The van der Waals surface area contributed by atoms with Gasteiger partial charge in [-0.05, 0) is 42.7 Å². The molecule has 0 spiro atoms. The number of pyridine rings is 1. The van der Waals surface area contributed by atoms with Crippen LogP contribution >= 0.6 is 11.8 Å². The number of amides is 1. The monoisotopic (exact) mass is 426 g/mol. The lowest BCUT2D eigenvalue weighted by atomic mass is 10.2. The van der Waals surface area contributed by atoms with E-state index in [1.54, 1.807) is 12.1 Å². The number of carbonyl (C=O) groups excluding carboxylic acids is 1. The molecule has 0 saturated heterocycles. The van der Waals surface area contributed by atoms with Gasteiger partial charge in [0.1, 0.15) is 22.6 Å². The van der Waals surface area contributed by atoms with Crippen molar-refractivity contribution < 1.29 is 17.6 Å². The molecule has 0 aliphatic heterocycles. The molecule has 1 atom stereocenters. The first-order valence-corrected chi connectivity index (χ1v) is 11.3. The van der Waals surface area contributed by atoms with Crippen molar-refractivity contribution in [1.29, 1.82) is 0 Å². The van der Waals surface area contributed by atoms with Crippen LogP contribution in [0.3, 0.4) is 0 Å². The van der Waals surface area contributed by atoms with Crippen LogP contribution in [0.1, 0.15) is 6.42 Å². The number of hydrogen-bond acceptors (Lipinski definition) is 6. The van der Waals surface area contributed by atoms with Gasteiger partial charge in [0.2, 0.25) is 15.9 Å². The molecule has 2 aromatic rings. The Morgan fingerprint density at radius 2 is 1.96 bits per heavy atom. The number of hydrogen-bond donors (Lipinski definition) is 2. The van der Waals surface area contributed by atoms with Gasteiger partial charge >= 0.3 is 0 Å². The van der Waals surface area contributed by atoms with E-state index in [0.717, 1.165) is 18.0 Å². The van der Waals surface area contributed by atoms with Crippen molar-refractivity contribution in [2.24, 2.45) is 0 Å². The zero-order valence-corrected chi connectivity index (χ0v) is 17.5. The molecule has 0 bridgehead atoms. The molecule has 1 aromatic carbocycles. The third-order valence-corrected chi connectivity index (χ3v) is 5.97. The van der Waals surface area contributed by atoms with E-state index >= 15 is 0 Å². The van der Waals surface area contributed by atoms with Gasteiger partial charge in [-0.15, -0.1) is 0 Å². The minimum atomic E-state index is -4.19. The quantitative estimate of drug-likeness (QED) is 0.640. The number of thioether (sulfide) groups is 1. The Morgan fingerprint density at radius 3 is 2.54 bits per heavy atom. The van der Waals surface area contributed by atoms with Crippen molar-refractivity contribution in [3.63, 3.8) is 0 Å². The highest BCUT2D eigenvalue weighted by atomic mass is 32.2. The largest absolute Gasteiger partial charge is 0.363 e. The van der Waals surface area contributed by atoms with Gasteiger partial charge in [0, 0.05) is 14.1 Å². The Kier molecular flexibility index (Phi) is 7.78. The third-order valence-electron chi connectivity index (χ3n) is 3.82. The fraction of sp³-hybridized carbons (Fsp3) is 0.333. The average molecular weight is 427 g/mol. The second-order valence-electron chi connectivity index (χ2n) is 6.17. The number of benzene rings is 1. The minimum Gasteiger partial charge on any atom is -0.363 e. The minimum absolute atomic E-state index is 0.254. The molecule has 0 aliphatic rings. The van der Waals surface area contributed by atoms with E-state index in [1.807, 2.05) is 25.3 Å². The van der Waals surface area contributed by atoms with Gasteiger partial charge in [-0.3, -0.25) is 4.79 Å². The lowest BCUT2D eigenvalue weighted by Gasteiger charge is -2.19. The number of nitrogens with one attached hydrogen (secondary N) is 2. The molecule has 2 rings (SSSR count). The summed E-state index contributed by atoms with van der Waals surface area (Å²) in [7, 11) is -0.506. The summed E-state index contributed by atoms with van der Waals surface area (Å²) in [5.74, 6) is -0.136. The van der Waals surface area contributed by atoms with Crippen LogP contribution < -0.4 is 14.9 Å². The van der Waals surface area contributed by atoms with Crippen molar-refractivity contribution in [2.45, 2.75) is 17.4 Å². The standard InChI is InChI=1S/C18H23FN4O3S2/c1-23(2)17-9-8-13(12-20-17)21-18(24)15(10-11-27-3)22-28(25,26)16-7-5-4-6-14(16)19/h4-9,12,15,22H,10-11H2,1-3H3,(H,21,24). The highest BCUT2D eigenvalue weighted by Crippen LogP contribution is 2.16. The van der Waals surface area contributed by atoms with E-state index in [9.17, 15) is 17.6 Å². The van der Waals surface area contributed by atoms with Gasteiger partial charge < -0.3 is 10.2 Å². The summed E-state index contributed by atoms with van der Waals surface area (Å²) in [6, 6.07) is 7.40. The zero-order valence-electron chi connectivity index (χ0n) is 15.8. The number of sulfonamides is 1. The second-order valence-corrected chi connectivity index (χ2v) is 8.84. The SMILES string of the molecule is CSCCC(NS(=O)(=O)c1ccccc1F)C(=O)Nc1ccc(N(C)C)nc1. The van der Waals surface area contributed by atoms with Crippen molar-refractivity contribution in [1.82, 2.24) is 9.71 Å². The summed E-state index contributed by atoms with van der Waals surface area (Å²) in [4.78, 5) is 18.2. The van der Waals surface area contributed by atoms with E-state index in [-0.39, 0.29) is 6.42 Å². The Hall–Kier alpha value is -2.17. The number of nitrogens with zero attached hydrogens (tertiary/aromatic N) is 2. The smallest absolute Gasteiger partial charge is 0.244 e. The van der Waals surface area contributed by atoms with E-state index < -0.39 is 32.7 Å². The number of aromatic nitrogens is 1. The van der Waals surface area contributed by atoms with Gasteiger partial charge in [-0.2, -0.15) is 16.5 Å². The summed E-state index contributed by atoms with van der Waals surface area (Å²) in [6.07, 6.45) is 3.60. The highest BCUT2D eigenvalue weighted by molar-refractivity contribution is 7.98. The zero-order chi connectivity index (χ0) is 20.7. The number of halogens is 1. The lowest BCUT2D eigenvalue weighted by Crippen LogP contribution is -2.44. The maximum absolute atomic E-state index is 13.9. The first-order valence-electron chi connectivity index (χ1n) is 8.44. The van der Waals surface area contributed by atoms with Gasteiger partial charge in [0.05, 0.1) is 11.9 Å². The first-order chi connectivity index (χ1) is 13.2. The molecule has 0 radical (unpaired) electrons. The number of rotatable bonds is 9. The van der Waals surface area contributed by atoms with E-state index in [1.165, 1.54) is 30.1 Å². The molecule has 0 aliphatic carbocycles. The van der Waals surface area contributed by atoms with Crippen LogP contribution in [-0.4, -0.2) is 51.5 Å². The predicted octanol–water partition coefficient (Wildman–Crippen LogP) is 2.33. The topological polar surface area (TPSA) is 91.4 Å². The number of anilines is 2. The maximum atomic E-state index is 13.9.